The van der Waals surface area contributed by atoms with Gasteiger partial charge in [0.1, 0.15) is 11.4 Å². The zero-order chi connectivity index (χ0) is 22.6. The van der Waals surface area contributed by atoms with E-state index < -0.39 is 0 Å². The first kappa shape index (κ1) is 21.0. The minimum atomic E-state index is 0.0380. The number of ether oxygens (including phenoxy) is 1. The van der Waals surface area contributed by atoms with Crippen LogP contribution < -0.4 is 4.74 Å². The van der Waals surface area contributed by atoms with Crippen LogP contribution in [0.5, 0.6) is 11.6 Å². The Balaban J connectivity index is 1.55. The zero-order valence-electron chi connectivity index (χ0n) is 18.7. The second kappa shape index (κ2) is 9.33. The molecular weight excluding hydrogens is 410 g/mol. The third-order valence-corrected chi connectivity index (χ3v) is 5.93. The first-order valence-corrected chi connectivity index (χ1v) is 11.4. The highest BCUT2D eigenvalue weighted by molar-refractivity contribution is 5.94. The summed E-state index contributed by atoms with van der Waals surface area (Å²) in [7, 11) is 1.89. The molecule has 0 bridgehead atoms. The Kier molecular flexibility index (Phi) is 5.94. The molecule has 1 heterocycles. The van der Waals surface area contributed by atoms with E-state index in [-0.39, 0.29) is 5.91 Å². The normalized spacial score (nSPS) is 13.0. The molecule has 3 aromatic carbocycles. The van der Waals surface area contributed by atoms with E-state index >= 15 is 0 Å². The van der Waals surface area contributed by atoms with Gasteiger partial charge in [0.25, 0.3) is 5.91 Å². The van der Waals surface area contributed by atoms with Crippen molar-refractivity contribution in [2.24, 2.45) is 13.0 Å². The van der Waals surface area contributed by atoms with Gasteiger partial charge in [-0.05, 0) is 43.0 Å². The number of aryl methyl sites for hydroxylation is 1. The summed E-state index contributed by atoms with van der Waals surface area (Å²) >= 11 is 0. The summed E-state index contributed by atoms with van der Waals surface area (Å²) in [5.74, 6) is 2.00. The number of rotatable bonds is 8. The van der Waals surface area contributed by atoms with Gasteiger partial charge in [0.05, 0.1) is 12.1 Å². The molecule has 0 saturated heterocycles. The molecule has 33 heavy (non-hydrogen) atoms. The van der Waals surface area contributed by atoms with Crippen molar-refractivity contribution in [1.29, 1.82) is 0 Å². The van der Waals surface area contributed by atoms with E-state index in [4.69, 9.17) is 9.84 Å². The maximum Gasteiger partial charge on any atom is 0.254 e. The van der Waals surface area contributed by atoms with E-state index in [1.807, 2.05) is 103 Å². The Morgan fingerprint density at radius 2 is 1.55 bits per heavy atom. The van der Waals surface area contributed by atoms with Crippen molar-refractivity contribution in [1.82, 2.24) is 14.7 Å². The molecule has 0 unspecified atom stereocenters. The lowest BCUT2D eigenvalue weighted by Crippen LogP contribution is -2.32. The van der Waals surface area contributed by atoms with Crippen molar-refractivity contribution < 1.29 is 9.53 Å². The van der Waals surface area contributed by atoms with Gasteiger partial charge in [0.2, 0.25) is 5.88 Å². The molecule has 1 saturated carbocycles. The fourth-order valence-corrected chi connectivity index (χ4v) is 4.04. The summed E-state index contributed by atoms with van der Waals surface area (Å²) in [5.41, 5.74) is 3.46. The third-order valence-electron chi connectivity index (χ3n) is 5.93. The summed E-state index contributed by atoms with van der Waals surface area (Å²) in [6.07, 6.45) is 2.34. The standard InChI is InChI=1S/C28H27N3O2/c1-30-28(33-24-15-9-4-10-16-24)25(26(29-30)22-11-5-2-6-12-22)20-31(19-21-17-18-21)27(32)23-13-7-3-8-14-23/h2-16,21H,17-20H2,1H3. The molecule has 166 valence electrons. The number of hydrogen-bond donors (Lipinski definition) is 0. The van der Waals surface area contributed by atoms with E-state index in [1.165, 1.54) is 12.8 Å². The molecular formula is C28H27N3O2. The van der Waals surface area contributed by atoms with Crippen LogP contribution in [0.25, 0.3) is 11.3 Å². The molecule has 0 atom stereocenters. The Morgan fingerprint density at radius 1 is 0.939 bits per heavy atom. The predicted octanol–water partition coefficient (Wildman–Crippen LogP) is 5.93. The van der Waals surface area contributed by atoms with E-state index in [9.17, 15) is 4.79 Å². The van der Waals surface area contributed by atoms with Crippen LogP contribution in [0, 0.1) is 5.92 Å². The largest absolute Gasteiger partial charge is 0.439 e. The fourth-order valence-electron chi connectivity index (χ4n) is 4.04. The Bertz CT molecular complexity index is 1220. The lowest BCUT2D eigenvalue weighted by atomic mass is 10.1. The minimum Gasteiger partial charge on any atom is -0.439 e. The van der Waals surface area contributed by atoms with Gasteiger partial charge in [-0.1, -0.05) is 66.7 Å². The second-order valence-electron chi connectivity index (χ2n) is 8.53. The highest BCUT2D eigenvalue weighted by atomic mass is 16.5. The first-order chi connectivity index (χ1) is 16.2. The van der Waals surface area contributed by atoms with Crippen molar-refractivity contribution in [3.63, 3.8) is 0 Å². The van der Waals surface area contributed by atoms with Crippen LogP contribution in [0.3, 0.4) is 0 Å². The smallest absolute Gasteiger partial charge is 0.254 e. The Morgan fingerprint density at radius 3 is 2.18 bits per heavy atom. The van der Waals surface area contributed by atoms with Crippen molar-refractivity contribution in [2.75, 3.05) is 6.54 Å². The number of aromatic nitrogens is 2. The molecule has 5 rings (SSSR count). The molecule has 1 aliphatic rings. The summed E-state index contributed by atoms with van der Waals surface area (Å²) in [6.45, 7) is 1.17. The molecule has 1 aliphatic carbocycles. The number of carbonyl (C=O) groups is 1. The van der Waals surface area contributed by atoms with Crippen LogP contribution in [0.4, 0.5) is 0 Å². The van der Waals surface area contributed by atoms with Crippen molar-refractivity contribution in [3.8, 4) is 22.9 Å². The highest BCUT2D eigenvalue weighted by Crippen LogP contribution is 2.36. The molecule has 5 heteroatoms. The molecule has 1 amide bonds. The van der Waals surface area contributed by atoms with Gasteiger partial charge in [-0.15, -0.1) is 0 Å². The second-order valence-corrected chi connectivity index (χ2v) is 8.53. The van der Waals surface area contributed by atoms with Crippen LogP contribution >= 0.6 is 0 Å². The quantitative estimate of drug-likeness (QED) is 0.343. The number of hydrogen-bond acceptors (Lipinski definition) is 3. The Hall–Kier alpha value is -3.86. The number of amides is 1. The molecule has 0 N–H and O–H groups in total. The van der Waals surface area contributed by atoms with Gasteiger partial charge in [0.15, 0.2) is 0 Å². The average molecular weight is 438 g/mol. The van der Waals surface area contributed by atoms with Crippen LogP contribution in [0.1, 0.15) is 28.8 Å². The topological polar surface area (TPSA) is 47.4 Å². The van der Waals surface area contributed by atoms with Gasteiger partial charge in [-0.3, -0.25) is 4.79 Å². The number of carbonyl (C=O) groups excluding carboxylic acids is 1. The monoisotopic (exact) mass is 437 g/mol. The van der Waals surface area contributed by atoms with Crippen molar-refractivity contribution >= 4 is 5.91 Å². The predicted molar refractivity (Wildman–Crippen MR) is 129 cm³/mol. The number of para-hydroxylation sites is 1. The van der Waals surface area contributed by atoms with E-state index in [0.717, 1.165) is 29.1 Å². The number of nitrogens with zero attached hydrogens (tertiary/aromatic N) is 3. The molecule has 4 aromatic rings. The zero-order valence-corrected chi connectivity index (χ0v) is 18.7. The third kappa shape index (κ3) is 4.82. The minimum absolute atomic E-state index is 0.0380. The summed E-state index contributed by atoms with van der Waals surface area (Å²) in [4.78, 5) is 15.4. The molecule has 5 nitrogen and oxygen atoms in total. The maximum absolute atomic E-state index is 13.5. The molecule has 0 spiro atoms. The van der Waals surface area contributed by atoms with Gasteiger partial charge in [-0.25, -0.2) is 4.68 Å². The van der Waals surface area contributed by atoms with E-state index in [0.29, 0.717) is 23.9 Å². The van der Waals surface area contributed by atoms with Crippen LogP contribution in [-0.4, -0.2) is 27.1 Å². The molecule has 0 aliphatic heterocycles. The van der Waals surface area contributed by atoms with Gasteiger partial charge in [0, 0.05) is 24.7 Å². The molecule has 0 radical (unpaired) electrons. The fraction of sp³-hybridized carbons (Fsp3) is 0.214. The molecule has 1 fully saturated rings. The van der Waals surface area contributed by atoms with E-state index in [1.54, 1.807) is 4.68 Å². The van der Waals surface area contributed by atoms with Crippen molar-refractivity contribution in [2.45, 2.75) is 19.4 Å². The van der Waals surface area contributed by atoms with Gasteiger partial charge < -0.3 is 9.64 Å². The summed E-state index contributed by atoms with van der Waals surface area (Å²) in [5, 5.41) is 4.81. The van der Waals surface area contributed by atoms with Gasteiger partial charge >= 0.3 is 0 Å². The van der Waals surface area contributed by atoms with Crippen molar-refractivity contribution in [3.05, 3.63) is 102 Å². The average Bonchev–Trinajstić information content (AvgIpc) is 3.64. The SMILES string of the molecule is Cn1nc(-c2ccccc2)c(CN(CC2CC2)C(=O)c2ccccc2)c1Oc1ccccc1. The van der Waals surface area contributed by atoms with Gasteiger partial charge in [-0.2, -0.15) is 5.10 Å². The Labute approximate surface area is 194 Å². The summed E-state index contributed by atoms with van der Waals surface area (Å²) in [6, 6.07) is 29.3. The van der Waals surface area contributed by atoms with Crippen LogP contribution in [0.15, 0.2) is 91.0 Å². The number of benzene rings is 3. The highest BCUT2D eigenvalue weighted by Gasteiger charge is 2.30. The van der Waals surface area contributed by atoms with E-state index in [2.05, 4.69) is 0 Å². The van der Waals surface area contributed by atoms with Crippen LogP contribution in [0.2, 0.25) is 0 Å². The lowest BCUT2D eigenvalue weighted by Gasteiger charge is -2.23. The van der Waals surface area contributed by atoms with Crippen LogP contribution in [-0.2, 0) is 13.6 Å². The maximum atomic E-state index is 13.5. The summed E-state index contributed by atoms with van der Waals surface area (Å²) < 4.78 is 8.08. The first-order valence-electron chi connectivity index (χ1n) is 11.4. The molecule has 1 aromatic heterocycles. The lowest BCUT2D eigenvalue weighted by molar-refractivity contribution is 0.0734.